The second-order valence-corrected chi connectivity index (χ2v) is 3.67. The molecule has 0 saturated carbocycles. The average molecular weight is 276 g/mol. The highest BCUT2D eigenvalue weighted by molar-refractivity contribution is 5.94. The van der Waals surface area contributed by atoms with Crippen LogP contribution in [0.1, 0.15) is 10.4 Å². The van der Waals surface area contributed by atoms with E-state index in [4.69, 9.17) is 0 Å². The van der Waals surface area contributed by atoms with Crippen molar-refractivity contribution in [3.8, 4) is 0 Å². The van der Waals surface area contributed by atoms with Crippen LogP contribution >= 0.6 is 0 Å². The Hall–Kier alpha value is -2.09. The monoisotopic (exact) mass is 276 g/mol. The van der Waals surface area contributed by atoms with E-state index in [2.05, 4.69) is 4.84 Å². The van der Waals surface area contributed by atoms with Crippen molar-refractivity contribution in [2.75, 3.05) is 14.1 Å². The van der Waals surface area contributed by atoms with Gasteiger partial charge in [0.2, 0.25) is 0 Å². The first-order valence-corrected chi connectivity index (χ1v) is 5.09. The van der Waals surface area contributed by atoms with Gasteiger partial charge < -0.3 is 4.84 Å². The van der Waals surface area contributed by atoms with Gasteiger partial charge in [0.05, 0.1) is 0 Å². The van der Waals surface area contributed by atoms with Crippen molar-refractivity contribution >= 4 is 11.9 Å². The van der Waals surface area contributed by atoms with Crippen LogP contribution in [0.25, 0.3) is 0 Å². The van der Waals surface area contributed by atoms with E-state index >= 15 is 0 Å². The lowest BCUT2D eigenvalue weighted by atomic mass is 10.2. The van der Waals surface area contributed by atoms with Crippen molar-refractivity contribution in [3.63, 3.8) is 0 Å². The maximum atomic E-state index is 12.1. The number of amides is 1. The van der Waals surface area contributed by atoms with Gasteiger partial charge in [0.1, 0.15) is 0 Å². The summed E-state index contributed by atoms with van der Waals surface area (Å²) in [6, 6.07) is 7.48. The quantitative estimate of drug-likeness (QED) is 0.770. The molecule has 0 bridgehead atoms. The fourth-order valence-corrected chi connectivity index (χ4v) is 1.13. The minimum absolute atomic E-state index is 0.0891. The third kappa shape index (κ3) is 3.95. The van der Waals surface area contributed by atoms with Gasteiger partial charge in [-0.15, -0.1) is 0 Å². The molecule has 1 aromatic carbocycles. The van der Waals surface area contributed by atoms with Crippen LogP contribution in [0, 0.1) is 0 Å². The lowest BCUT2D eigenvalue weighted by molar-refractivity contribution is -0.260. The molecular formula is C11H11F3N2O3. The molecule has 0 aromatic heterocycles. The van der Waals surface area contributed by atoms with Gasteiger partial charge >= 0.3 is 18.1 Å². The van der Waals surface area contributed by atoms with Crippen LogP contribution in [0.2, 0.25) is 0 Å². The van der Waals surface area contributed by atoms with E-state index in [9.17, 15) is 22.8 Å². The molecular weight excluding hydrogens is 265 g/mol. The molecule has 1 rings (SSSR count). The molecule has 0 atom stereocenters. The predicted molar refractivity (Wildman–Crippen MR) is 58.4 cm³/mol. The predicted octanol–water partition coefficient (Wildman–Crippen LogP) is 1.63. The van der Waals surface area contributed by atoms with Crippen LogP contribution < -0.4 is 0 Å². The third-order valence-electron chi connectivity index (χ3n) is 1.96. The van der Waals surface area contributed by atoms with Crippen LogP contribution in [0.15, 0.2) is 30.3 Å². The molecule has 0 fully saturated rings. The molecule has 19 heavy (non-hydrogen) atoms. The molecule has 0 spiro atoms. The molecule has 0 aliphatic heterocycles. The van der Waals surface area contributed by atoms with Gasteiger partial charge in [-0.1, -0.05) is 23.4 Å². The lowest BCUT2D eigenvalue weighted by Gasteiger charge is -2.26. The molecule has 0 radical (unpaired) electrons. The molecule has 0 saturated heterocycles. The van der Waals surface area contributed by atoms with Crippen molar-refractivity contribution < 1.29 is 27.6 Å². The van der Waals surface area contributed by atoms with Crippen LogP contribution in [-0.2, 0) is 9.63 Å². The summed E-state index contributed by atoms with van der Waals surface area (Å²) in [5, 5.41) is 1.17. The first kappa shape index (κ1) is 15.0. The number of benzene rings is 1. The Labute approximate surface area is 107 Å². The van der Waals surface area contributed by atoms with Gasteiger partial charge in [0, 0.05) is 19.7 Å². The van der Waals surface area contributed by atoms with E-state index in [1.165, 1.54) is 38.4 Å². The van der Waals surface area contributed by atoms with Crippen LogP contribution in [0.5, 0.6) is 0 Å². The van der Waals surface area contributed by atoms with Crippen molar-refractivity contribution in [1.82, 2.24) is 10.2 Å². The molecule has 8 heteroatoms. The molecule has 104 valence electrons. The number of carbonyl (C=O) groups is 2. The summed E-state index contributed by atoms with van der Waals surface area (Å²) in [4.78, 5) is 26.7. The van der Waals surface area contributed by atoms with Crippen molar-refractivity contribution in [3.05, 3.63) is 35.9 Å². The number of carbonyl (C=O) groups excluding carboxylic acids is 2. The molecule has 1 aromatic rings. The maximum absolute atomic E-state index is 12.1. The third-order valence-corrected chi connectivity index (χ3v) is 1.96. The summed E-state index contributed by atoms with van der Waals surface area (Å²) in [6.45, 7) is 0. The largest absolute Gasteiger partial charge is 0.493 e. The van der Waals surface area contributed by atoms with Crippen LogP contribution in [0.4, 0.5) is 13.2 Å². The Balaban J connectivity index is 2.91. The van der Waals surface area contributed by atoms with Gasteiger partial charge in [0.15, 0.2) is 0 Å². The lowest BCUT2D eigenvalue weighted by Crippen LogP contribution is -2.45. The first-order valence-electron chi connectivity index (χ1n) is 5.09. The Morgan fingerprint density at radius 3 is 2.05 bits per heavy atom. The molecule has 0 heterocycles. The summed E-state index contributed by atoms with van der Waals surface area (Å²) in [5.74, 6) is -3.35. The number of hydrogen-bond donors (Lipinski definition) is 0. The standard InChI is InChI=1S/C11H11F3N2O3/c1-15(2)16(19-10(18)11(12,13)14)9(17)8-6-4-3-5-7-8/h3-7H,1-2H3. The number of hydrogen-bond acceptors (Lipinski definition) is 4. The van der Waals surface area contributed by atoms with E-state index in [0.717, 1.165) is 5.01 Å². The average Bonchev–Trinajstić information content (AvgIpc) is 2.34. The number of alkyl halides is 3. The zero-order valence-corrected chi connectivity index (χ0v) is 10.1. The minimum atomic E-state index is -5.18. The van der Waals surface area contributed by atoms with Gasteiger partial charge in [0.25, 0.3) is 0 Å². The van der Waals surface area contributed by atoms with Gasteiger partial charge in [-0.25, -0.2) is 4.79 Å². The number of hydroxylamine groups is 1. The smallest absolute Gasteiger partial charge is 0.313 e. The van der Waals surface area contributed by atoms with Gasteiger partial charge in [-0.05, 0) is 12.1 Å². The topological polar surface area (TPSA) is 49.9 Å². The molecule has 0 unspecified atom stereocenters. The van der Waals surface area contributed by atoms with E-state index < -0.39 is 18.1 Å². The SMILES string of the molecule is CN(C)N(OC(=O)C(F)(F)F)C(=O)c1ccccc1. The molecule has 5 nitrogen and oxygen atoms in total. The molecule has 0 aliphatic rings. The maximum Gasteiger partial charge on any atom is 0.493 e. The second kappa shape index (κ2) is 5.70. The summed E-state index contributed by atoms with van der Waals surface area (Å²) in [5.41, 5.74) is 0.0891. The Morgan fingerprint density at radius 2 is 1.63 bits per heavy atom. The van der Waals surface area contributed by atoms with Gasteiger partial charge in [-0.3, -0.25) is 4.79 Å². The fourth-order valence-electron chi connectivity index (χ4n) is 1.13. The zero-order valence-electron chi connectivity index (χ0n) is 10.1. The highest BCUT2D eigenvalue weighted by Gasteiger charge is 2.44. The molecule has 1 amide bonds. The zero-order chi connectivity index (χ0) is 14.6. The van der Waals surface area contributed by atoms with Crippen LogP contribution in [-0.4, -0.2) is 42.3 Å². The fraction of sp³-hybridized carbons (Fsp3) is 0.273. The number of nitrogens with zero attached hydrogens (tertiary/aromatic N) is 2. The van der Waals surface area contributed by atoms with Crippen molar-refractivity contribution in [2.24, 2.45) is 0 Å². The van der Waals surface area contributed by atoms with E-state index in [1.807, 2.05) is 0 Å². The van der Waals surface area contributed by atoms with Crippen molar-refractivity contribution in [2.45, 2.75) is 6.18 Å². The van der Waals surface area contributed by atoms with Crippen LogP contribution in [0.3, 0.4) is 0 Å². The van der Waals surface area contributed by atoms with E-state index in [-0.39, 0.29) is 10.7 Å². The van der Waals surface area contributed by atoms with E-state index in [1.54, 1.807) is 6.07 Å². The number of halogens is 3. The Kier molecular flexibility index (Phi) is 4.49. The first-order chi connectivity index (χ1) is 8.73. The molecule has 0 N–H and O–H groups in total. The highest BCUT2D eigenvalue weighted by atomic mass is 19.4. The minimum Gasteiger partial charge on any atom is -0.313 e. The normalized spacial score (nSPS) is 11.3. The number of rotatable bonds is 2. The van der Waals surface area contributed by atoms with Gasteiger partial charge in [-0.2, -0.15) is 18.2 Å². The second-order valence-electron chi connectivity index (χ2n) is 3.67. The Morgan fingerprint density at radius 1 is 1.11 bits per heavy atom. The summed E-state index contributed by atoms with van der Waals surface area (Å²) >= 11 is 0. The highest BCUT2D eigenvalue weighted by Crippen LogP contribution is 2.18. The summed E-state index contributed by atoms with van der Waals surface area (Å²) in [6.07, 6.45) is -5.18. The van der Waals surface area contributed by atoms with E-state index in [0.29, 0.717) is 0 Å². The van der Waals surface area contributed by atoms with Crippen molar-refractivity contribution in [1.29, 1.82) is 0 Å². The number of hydrazine groups is 1. The summed E-state index contributed by atoms with van der Waals surface area (Å²) in [7, 11) is 2.54. The summed E-state index contributed by atoms with van der Waals surface area (Å²) < 4.78 is 36.3. The Bertz CT molecular complexity index is 460. The molecule has 0 aliphatic carbocycles.